The number of rotatable bonds is 7. The van der Waals surface area contributed by atoms with E-state index in [1.54, 1.807) is 6.08 Å². The number of ether oxygens (including phenoxy) is 1. The molecule has 1 aromatic rings. The molecule has 0 bridgehead atoms. The first-order valence-corrected chi connectivity index (χ1v) is 7.95. The second-order valence-electron chi connectivity index (χ2n) is 6.10. The maximum Gasteiger partial charge on any atom is 0.303 e. The summed E-state index contributed by atoms with van der Waals surface area (Å²) >= 11 is 0. The lowest BCUT2D eigenvalue weighted by Crippen LogP contribution is -2.23. The van der Waals surface area contributed by atoms with Crippen LogP contribution in [0.15, 0.2) is 36.1 Å². The number of carboxylic acids is 1. The van der Waals surface area contributed by atoms with Gasteiger partial charge < -0.3 is 20.1 Å². The van der Waals surface area contributed by atoms with Crippen LogP contribution in [-0.2, 0) is 4.79 Å². The molecule has 0 spiro atoms. The highest BCUT2D eigenvalue weighted by molar-refractivity contribution is 5.67. The lowest BCUT2D eigenvalue weighted by atomic mass is 9.89. The summed E-state index contributed by atoms with van der Waals surface area (Å²) in [5, 5.41) is 29.0. The number of benzene rings is 1. The van der Waals surface area contributed by atoms with Crippen LogP contribution in [0, 0.1) is 18.8 Å². The number of hydrogen-bond acceptors (Lipinski definition) is 4. The Morgan fingerprint density at radius 1 is 1.35 bits per heavy atom. The van der Waals surface area contributed by atoms with E-state index in [9.17, 15) is 15.0 Å². The Balaban J connectivity index is 1.85. The summed E-state index contributed by atoms with van der Waals surface area (Å²) in [5.74, 6) is -0.684. The van der Waals surface area contributed by atoms with Crippen molar-refractivity contribution in [3.05, 3.63) is 41.7 Å². The molecule has 0 saturated heterocycles. The number of carbonyl (C=O) groups is 1. The van der Waals surface area contributed by atoms with Crippen LogP contribution in [0.1, 0.15) is 31.2 Å². The number of hydrogen-bond donors (Lipinski definition) is 3. The van der Waals surface area contributed by atoms with Crippen molar-refractivity contribution in [2.75, 3.05) is 6.61 Å². The molecule has 5 nitrogen and oxygen atoms in total. The summed E-state index contributed by atoms with van der Waals surface area (Å²) in [5.41, 5.74) is 1.12. The fourth-order valence-electron chi connectivity index (χ4n) is 3.13. The van der Waals surface area contributed by atoms with Gasteiger partial charge in [-0.1, -0.05) is 12.1 Å². The van der Waals surface area contributed by atoms with Crippen molar-refractivity contribution in [3.63, 3.8) is 0 Å². The molecular weight excluding hydrogens is 296 g/mol. The van der Waals surface area contributed by atoms with E-state index in [4.69, 9.17) is 9.84 Å². The van der Waals surface area contributed by atoms with Gasteiger partial charge in [0.2, 0.25) is 0 Å². The van der Waals surface area contributed by atoms with Gasteiger partial charge in [-0.25, -0.2) is 0 Å². The monoisotopic (exact) mass is 320 g/mol. The van der Waals surface area contributed by atoms with Crippen molar-refractivity contribution in [1.82, 2.24) is 0 Å². The Kier molecular flexibility index (Phi) is 6.04. The number of aryl methyl sites for hydroxylation is 1. The molecule has 0 aromatic heterocycles. The molecular formula is C18H24O5. The molecule has 0 radical (unpaired) electrons. The first-order valence-electron chi connectivity index (χ1n) is 7.95. The summed E-state index contributed by atoms with van der Waals surface area (Å²) in [6.45, 7) is 2.43. The van der Waals surface area contributed by atoms with E-state index in [2.05, 4.69) is 0 Å². The van der Waals surface area contributed by atoms with Crippen LogP contribution in [-0.4, -0.2) is 34.0 Å². The van der Waals surface area contributed by atoms with Crippen molar-refractivity contribution in [3.8, 4) is 5.75 Å². The highest BCUT2D eigenvalue weighted by Crippen LogP contribution is 2.38. The molecule has 0 aliphatic heterocycles. The maximum absolute atomic E-state index is 10.9. The lowest BCUT2D eigenvalue weighted by Gasteiger charge is -2.19. The Morgan fingerprint density at radius 2 is 2.13 bits per heavy atom. The van der Waals surface area contributed by atoms with Gasteiger partial charge in [-0.2, -0.15) is 0 Å². The van der Waals surface area contributed by atoms with Crippen molar-refractivity contribution in [2.24, 2.45) is 11.8 Å². The van der Waals surface area contributed by atoms with Gasteiger partial charge >= 0.3 is 5.97 Å². The third-order valence-electron chi connectivity index (χ3n) is 4.30. The summed E-state index contributed by atoms with van der Waals surface area (Å²) in [6.07, 6.45) is 2.57. The number of carboxylic acid groups (broad SMARTS) is 1. The predicted octanol–water partition coefficient (Wildman–Crippen LogP) is 3.07. The molecule has 3 atom stereocenters. The summed E-state index contributed by atoms with van der Waals surface area (Å²) in [7, 11) is 0. The van der Waals surface area contributed by atoms with Crippen LogP contribution in [0.5, 0.6) is 5.75 Å². The average molecular weight is 320 g/mol. The van der Waals surface area contributed by atoms with Crippen LogP contribution in [0.4, 0.5) is 0 Å². The molecule has 1 fully saturated rings. The van der Waals surface area contributed by atoms with E-state index < -0.39 is 18.0 Å². The maximum atomic E-state index is 10.9. The van der Waals surface area contributed by atoms with Gasteiger partial charge in [-0.05, 0) is 43.5 Å². The molecule has 1 aliphatic rings. The fourth-order valence-corrected chi connectivity index (χ4v) is 3.13. The molecule has 0 amide bonds. The number of aliphatic hydroxyl groups is 2. The minimum atomic E-state index is -0.948. The smallest absolute Gasteiger partial charge is 0.303 e. The Bertz CT molecular complexity index is 566. The van der Waals surface area contributed by atoms with Crippen molar-refractivity contribution in [2.45, 2.75) is 38.7 Å². The molecule has 1 aromatic carbocycles. The van der Waals surface area contributed by atoms with E-state index >= 15 is 0 Å². The fraction of sp³-hybridized carbons (Fsp3) is 0.500. The molecule has 0 heterocycles. The predicted molar refractivity (Wildman–Crippen MR) is 86.5 cm³/mol. The second kappa shape index (κ2) is 8.02. The first kappa shape index (κ1) is 17.3. The molecule has 3 N–H and O–H groups in total. The van der Waals surface area contributed by atoms with Crippen LogP contribution in [0.3, 0.4) is 0 Å². The summed E-state index contributed by atoms with van der Waals surface area (Å²) in [6, 6.07) is 7.74. The van der Waals surface area contributed by atoms with E-state index in [0.717, 1.165) is 11.3 Å². The van der Waals surface area contributed by atoms with Gasteiger partial charge in [0.15, 0.2) is 0 Å². The molecule has 126 valence electrons. The molecule has 5 heteroatoms. The minimum Gasteiger partial charge on any atom is -0.512 e. The number of allylic oxidation sites excluding steroid dienone is 1. The lowest BCUT2D eigenvalue weighted by molar-refractivity contribution is -0.139. The zero-order valence-corrected chi connectivity index (χ0v) is 13.3. The average Bonchev–Trinajstić information content (AvgIpc) is 2.84. The highest BCUT2D eigenvalue weighted by atomic mass is 16.5. The highest BCUT2D eigenvalue weighted by Gasteiger charge is 2.38. The molecule has 2 rings (SSSR count). The Morgan fingerprint density at radius 3 is 2.83 bits per heavy atom. The van der Waals surface area contributed by atoms with E-state index in [1.807, 2.05) is 31.2 Å². The SMILES string of the molecule is Cc1cccc(OCC/C=C(/O)C2CCC(O)C2CC(=O)O)c1. The van der Waals surface area contributed by atoms with Crippen LogP contribution in [0.25, 0.3) is 0 Å². The van der Waals surface area contributed by atoms with Crippen molar-refractivity contribution < 1.29 is 24.9 Å². The van der Waals surface area contributed by atoms with Crippen LogP contribution < -0.4 is 4.74 Å². The first-order chi connectivity index (χ1) is 11.0. The molecule has 23 heavy (non-hydrogen) atoms. The normalized spacial score (nSPS) is 24.6. The molecule has 1 aliphatic carbocycles. The zero-order valence-electron chi connectivity index (χ0n) is 13.3. The van der Waals surface area contributed by atoms with E-state index in [0.29, 0.717) is 25.9 Å². The van der Waals surface area contributed by atoms with Crippen LogP contribution in [0.2, 0.25) is 0 Å². The number of aliphatic hydroxyl groups excluding tert-OH is 2. The van der Waals surface area contributed by atoms with Gasteiger partial charge in [0, 0.05) is 18.3 Å². The van der Waals surface area contributed by atoms with E-state index in [-0.39, 0.29) is 18.1 Å². The Hall–Kier alpha value is -2.01. The van der Waals surface area contributed by atoms with Crippen LogP contribution >= 0.6 is 0 Å². The van der Waals surface area contributed by atoms with Gasteiger partial charge in [-0.15, -0.1) is 0 Å². The quantitative estimate of drug-likeness (QED) is 0.531. The third-order valence-corrected chi connectivity index (χ3v) is 4.30. The summed E-state index contributed by atoms with van der Waals surface area (Å²) < 4.78 is 5.61. The second-order valence-corrected chi connectivity index (χ2v) is 6.10. The van der Waals surface area contributed by atoms with Crippen molar-refractivity contribution >= 4 is 5.97 Å². The topological polar surface area (TPSA) is 87.0 Å². The summed E-state index contributed by atoms with van der Waals surface area (Å²) in [4.78, 5) is 10.9. The van der Waals surface area contributed by atoms with Crippen molar-refractivity contribution in [1.29, 1.82) is 0 Å². The third kappa shape index (κ3) is 4.99. The van der Waals surface area contributed by atoms with Gasteiger partial charge in [0.05, 0.1) is 24.9 Å². The number of aliphatic carboxylic acids is 1. The molecule has 3 unspecified atom stereocenters. The Labute approximate surface area is 136 Å². The standard InChI is InChI=1S/C18H24O5/c1-12-4-2-5-13(10-12)23-9-3-6-16(19)14-7-8-17(20)15(14)11-18(21)22/h2,4-6,10,14-15,17,19-20H,3,7-9,11H2,1H3,(H,21,22)/b16-6+. The van der Waals surface area contributed by atoms with E-state index in [1.165, 1.54) is 0 Å². The molecule has 1 saturated carbocycles. The zero-order chi connectivity index (χ0) is 16.8. The van der Waals surface area contributed by atoms with Gasteiger partial charge in [0.1, 0.15) is 5.75 Å². The van der Waals surface area contributed by atoms with Gasteiger partial charge in [0.25, 0.3) is 0 Å². The minimum absolute atomic E-state index is 0.122. The largest absolute Gasteiger partial charge is 0.512 e. The van der Waals surface area contributed by atoms with Gasteiger partial charge in [-0.3, -0.25) is 4.79 Å².